The summed E-state index contributed by atoms with van der Waals surface area (Å²) in [5, 5.41) is 30.7. The summed E-state index contributed by atoms with van der Waals surface area (Å²) in [6.45, 7) is 3.47. The van der Waals surface area contributed by atoms with Crippen molar-refractivity contribution < 1.29 is 29.3 Å². The van der Waals surface area contributed by atoms with Crippen LogP contribution >= 0.6 is 0 Å². The average Bonchev–Trinajstić information content (AvgIpc) is 3.60. The summed E-state index contributed by atoms with van der Waals surface area (Å²) >= 11 is 0. The van der Waals surface area contributed by atoms with Crippen LogP contribution < -0.4 is 9.80 Å². The number of carbonyl (C=O) groups excluding carboxylic acids is 3. The second kappa shape index (κ2) is 12.7. The lowest BCUT2D eigenvalue weighted by molar-refractivity contribution is -0.153. The number of amides is 2. The van der Waals surface area contributed by atoms with Gasteiger partial charge in [-0.05, 0) is 42.3 Å². The van der Waals surface area contributed by atoms with Crippen molar-refractivity contribution in [2.75, 3.05) is 16.4 Å². The zero-order valence-electron chi connectivity index (χ0n) is 25.6. The van der Waals surface area contributed by atoms with E-state index in [0.717, 1.165) is 5.56 Å². The Morgan fingerprint density at radius 1 is 1.07 bits per heavy atom. The zero-order valence-corrected chi connectivity index (χ0v) is 25.6. The Balaban J connectivity index is 1.23. The molecule has 46 heavy (non-hydrogen) atoms. The second-order valence-corrected chi connectivity index (χ2v) is 11.5. The van der Waals surface area contributed by atoms with E-state index >= 15 is 0 Å². The molecule has 0 spiro atoms. The van der Waals surface area contributed by atoms with Crippen molar-refractivity contribution in [3.8, 4) is 0 Å². The number of allylic oxidation sites excluding steroid dienone is 1. The SMILES string of the molecule is CC(=O)OC1CC(=O)N1c1ccc2c(c1)[C@](O)([C@@H](C)/C=C/CCn1cc(C(CO)c3ccccc3)nn1)C(=O)N2c1ccccc1. The molecule has 2 N–H and O–H groups in total. The number of ether oxygens (including phenoxy) is 1. The summed E-state index contributed by atoms with van der Waals surface area (Å²) in [6, 6.07) is 23.7. The first-order valence-electron chi connectivity index (χ1n) is 15.2. The van der Waals surface area contributed by atoms with E-state index in [1.54, 1.807) is 48.0 Å². The van der Waals surface area contributed by atoms with Crippen LogP contribution in [0.1, 0.15) is 49.4 Å². The van der Waals surface area contributed by atoms with E-state index in [2.05, 4.69) is 10.3 Å². The van der Waals surface area contributed by atoms with Gasteiger partial charge in [0.1, 0.15) is 0 Å². The Kier molecular flexibility index (Phi) is 8.53. The number of aromatic nitrogens is 3. The molecule has 4 atom stereocenters. The number of carbonyl (C=O) groups is 3. The van der Waals surface area contributed by atoms with Gasteiger partial charge in [0, 0.05) is 42.5 Å². The smallest absolute Gasteiger partial charge is 0.304 e. The fourth-order valence-corrected chi connectivity index (χ4v) is 6.11. The number of para-hydroxylation sites is 1. The number of aliphatic hydroxyl groups is 2. The normalized spacial score (nSPS) is 20.5. The molecule has 3 aromatic carbocycles. The van der Waals surface area contributed by atoms with Gasteiger partial charge < -0.3 is 14.9 Å². The van der Waals surface area contributed by atoms with Crippen LogP contribution in [0.5, 0.6) is 0 Å². The molecule has 0 saturated carbocycles. The molecule has 11 heteroatoms. The molecule has 1 fully saturated rings. The van der Waals surface area contributed by atoms with Crippen molar-refractivity contribution in [2.45, 2.75) is 51.0 Å². The van der Waals surface area contributed by atoms with Gasteiger partial charge in [-0.1, -0.05) is 72.8 Å². The summed E-state index contributed by atoms with van der Waals surface area (Å²) in [7, 11) is 0. The Morgan fingerprint density at radius 2 is 1.78 bits per heavy atom. The fraction of sp³-hybridized carbons (Fsp3) is 0.286. The number of esters is 1. The number of fused-ring (bicyclic) bond motifs is 1. The molecule has 11 nitrogen and oxygen atoms in total. The molecule has 3 heterocycles. The number of β-lactam (4-membered cyclic amide) rings is 1. The summed E-state index contributed by atoms with van der Waals surface area (Å²) < 4.78 is 6.99. The fourth-order valence-electron chi connectivity index (χ4n) is 6.11. The highest BCUT2D eigenvalue weighted by molar-refractivity contribution is 6.13. The van der Waals surface area contributed by atoms with E-state index in [9.17, 15) is 24.6 Å². The summed E-state index contributed by atoms with van der Waals surface area (Å²) in [5.74, 6) is -2.16. The molecule has 2 aliphatic rings. The molecule has 1 saturated heterocycles. The molecule has 2 amide bonds. The van der Waals surface area contributed by atoms with Crippen LogP contribution in [0.4, 0.5) is 17.1 Å². The zero-order chi connectivity index (χ0) is 32.4. The summed E-state index contributed by atoms with van der Waals surface area (Å²) in [6.07, 6.45) is 5.38. The molecular formula is C35H35N5O6. The highest BCUT2D eigenvalue weighted by Gasteiger charge is 2.53. The maximum Gasteiger partial charge on any atom is 0.304 e. The maximum atomic E-state index is 14.1. The van der Waals surface area contributed by atoms with Crippen molar-refractivity contribution in [3.05, 3.63) is 114 Å². The number of hydrogen-bond donors (Lipinski definition) is 2. The Morgan fingerprint density at radius 3 is 2.46 bits per heavy atom. The van der Waals surface area contributed by atoms with Crippen LogP contribution in [0.25, 0.3) is 0 Å². The van der Waals surface area contributed by atoms with Gasteiger partial charge in [-0.2, -0.15) is 0 Å². The van der Waals surface area contributed by atoms with E-state index < -0.39 is 29.6 Å². The largest absolute Gasteiger partial charge is 0.441 e. The molecule has 6 rings (SSSR count). The van der Waals surface area contributed by atoms with Crippen LogP contribution in [0.15, 0.2) is 97.2 Å². The number of aryl methyl sites for hydroxylation is 1. The van der Waals surface area contributed by atoms with Gasteiger partial charge in [-0.25, -0.2) is 0 Å². The first-order valence-corrected chi connectivity index (χ1v) is 15.2. The quantitative estimate of drug-likeness (QED) is 0.145. The minimum atomic E-state index is -1.94. The van der Waals surface area contributed by atoms with Crippen LogP contribution in [0, 0.1) is 5.92 Å². The predicted molar refractivity (Wildman–Crippen MR) is 170 cm³/mol. The van der Waals surface area contributed by atoms with E-state index in [0.29, 0.717) is 41.3 Å². The third kappa shape index (κ3) is 5.59. The Bertz CT molecular complexity index is 1770. The van der Waals surface area contributed by atoms with Crippen LogP contribution in [-0.2, 0) is 31.3 Å². The van der Waals surface area contributed by atoms with Crippen molar-refractivity contribution in [2.24, 2.45) is 5.92 Å². The van der Waals surface area contributed by atoms with Crippen LogP contribution in [-0.4, -0.2) is 55.8 Å². The van der Waals surface area contributed by atoms with Crippen LogP contribution in [0.3, 0.4) is 0 Å². The molecule has 2 unspecified atom stereocenters. The van der Waals surface area contributed by atoms with Gasteiger partial charge in [0.15, 0.2) is 11.8 Å². The molecular weight excluding hydrogens is 586 g/mol. The number of aliphatic hydroxyl groups excluding tert-OH is 1. The van der Waals surface area contributed by atoms with Gasteiger partial charge in [-0.15, -0.1) is 5.10 Å². The van der Waals surface area contributed by atoms with Gasteiger partial charge in [0.2, 0.25) is 5.91 Å². The Hall–Kier alpha value is -5.13. The molecule has 1 aromatic heterocycles. The monoisotopic (exact) mass is 621 g/mol. The standard InChI is InChI=1S/C35H35N5O6/c1-23(11-9-10-18-38-21-30(36-37-38)28(22-41)25-12-5-3-6-13-25)35(45)29-19-27(40-32(43)20-33(40)46-24(2)42)16-17-31(29)39(34(35)44)26-14-7-4-8-15-26/h3-9,11-17,19,21,23,28,33,41,45H,10,18,20,22H2,1-2H3/b11-9+/t23-,28?,33?,35+/m0/s1. The van der Waals surface area contributed by atoms with E-state index in [1.165, 1.54) is 16.7 Å². The molecule has 4 aromatic rings. The molecule has 236 valence electrons. The number of anilines is 3. The second-order valence-electron chi connectivity index (χ2n) is 11.5. The third-order valence-electron chi connectivity index (χ3n) is 8.57. The highest BCUT2D eigenvalue weighted by atomic mass is 16.6. The minimum absolute atomic E-state index is 0.0648. The highest BCUT2D eigenvalue weighted by Crippen LogP contribution is 2.50. The van der Waals surface area contributed by atoms with Gasteiger partial charge in [0.05, 0.1) is 30.3 Å². The lowest BCUT2D eigenvalue weighted by atomic mass is 9.82. The van der Waals surface area contributed by atoms with Crippen molar-refractivity contribution in [1.29, 1.82) is 0 Å². The lowest BCUT2D eigenvalue weighted by Crippen LogP contribution is -2.55. The van der Waals surface area contributed by atoms with Crippen molar-refractivity contribution in [3.63, 3.8) is 0 Å². The molecule has 0 radical (unpaired) electrons. The van der Waals surface area contributed by atoms with Gasteiger partial charge in [0.25, 0.3) is 5.91 Å². The van der Waals surface area contributed by atoms with E-state index in [1.807, 2.05) is 60.8 Å². The average molecular weight is 622 g/mol. The van der Waals surface area contributed by atoms with E-state index in [-0.39, 0.29) is 24.9 Å². The number of hydrogen-bond acceptors (Lipinski definition) is 8. The van der Waals surface area contributed by atoms with Crippen molar-refractivity contribution in [1.82, 2.24) is 15.0 Å². The maximum absolute atomic E-state index is 14.1. The first kappa shape index (κ1) is 30.9. The summed E-state index contributed by atoms with van der Waals surface area (Å²) in [4.78, 5) is 41.1. The van der Waals surface area contributed by atoms with Crippen molar-refractivity contribution >= 4 is 34.8 Å². The first-order chi connectivity index (χ1) is 22.2. The molecule has 2 aliphatic heterocycles. The Labute approximate surface area is 266 Å². The predicted octanol–water partition coefficient (Wildman–Crippen LogP) is 4.18. The topological polar surface area (TPSA) is 138 Å². The number of rotatable bonds is 11. The number of benzene rings is 3. The van der Waals surface area contributed by atoms with E-state index in [4.69, 9.17) is 4.74 Å². The van der Waals surface area contributed by atoms with Gasteiger partial charge >= 0.3 is 5.97 Å². The van der Waals surface area contributed by atoms with Crippen LogP contribution in [0.2, 0.25) is 0 Å². The molecule has 0 aliphatic carbocycles. The third-order valence-corrected chi connectivity index (χ3v) is 8.57. The molecule has 0 bridgehead atoms. The number of nitrogens with zero attached hydrogens (tertiary/aromatic N) is 5. The lowest BCUT2D eigenvalue weighted by Gasteiger charge is -2.39. The minimum Gasteiger partial charge on any atom is -0.441 e. The summed E-state index contributed by atoms with van der Waals surface area (Å²) in [5.41, 5.74) is 1.58. The van der Waals surface area contributed by atoms with Gasteiger partial charge in [-0.3, -0.25) is 28.9 Å².